The molecule has 0 aliphatic rings. The number of amides is 1. The van der Waals surface area contributed by atoms with Crippen molar-refractivity contribution in [1.29, 1.82) is 0 Å². The lowest BCUT2D eigenvalue weighted by Gasteiger charge is -2.11. The highest BCUT2D eigenvalue weighted by Crippen LogP contribution is 2.14. The fourth-order valence-electron chi connectivity index (χ4n) is 1.49. The van der Waals surface area contributed by atoms with Crippen LogP contribution in [0.5, 0.6) is 5.75 Å². The fraction of sp³-hybridized carbons (Fsp3) is 0.357. The van der Waals surface area contributed by atoms with Crippen LogP contribution in [0.15, 0.2) is 36.6 Å². The average molecular weight is 280 g/mol. The number of nitrogens with one attached hydrogen (secondary N) is 1. The van der Waals surface area contributed by atoms with Gasteiger partial charge in [0.15, 0.2) is 6.61 Å². The first kappa shape index (κ1) is 16.0. The zero-order valence-corrected chi connectivity index (χ0v) is 11.2. The summed E-state index contributed by atoms with van der Waals surface area (Å²) < 4.78 is 5.28. The Morgan fingerprint density at radius 2 is 2.05 bits per heavy atom. The van der Waals surface area contributed by atoms with Gasteiger partial charge in [0.1, 0.15) is 11.5 Å². The van der Waals surface area contributed by atoms with E-state index in [0.29, 0.717) is 12.2 Å². The van der Waals surface area contributed by atoms with Gasteiger partial charge in [0.05, 0.1) is 12.6 Å². The van der Waals surface area contributed by atoms with E-state index in [1.807, 2.05) is 12.1 Å². The van der Waals surface area contributed by atoms with Gasteiger partial charge in [-0.05, 0) is 24.1 Å². The summed E-state index contributed by atoms with van der Waals surface area (Å²) in [7, 11) is 0. The second kappa shape index (κ2) is 8.19. The zero-order valence-electron chi connectivity index (χ0n) is 11.2. The van der Waals surface area contributed by atoms with Gasteiger partial charge in [0.2, 0.25) is 0 Å². The average Bonchev–Trinajstić information content (AvgIpc) is 2.44. The van der Waals surface area contributed by atoms with Crippen LogP contribution in [0.1, 0.15) is 5.56 Å². The van der Waals surface area contributed by atoms with E-state index in [1.54, 1.807) is 12.1 Å². The van der Waals surface area contributed by atoms with E-state index < -0.39 is 6.04 Å². The molecule has 0 heterocycles. The number of hydrogen-bond acceptors (Lipinski definition) is 5. The predicted molar refractivity (Wildman–Crippen MR) is 75.5 cm³/mol. The molecule has 1 aromatic rings. The normalized spacial score (nSPS) is 11.7. The molecule has 6 heteroatoms. The van der Waals surface area contributed by atoms with Gasteiger partial charge in [0, 0.05) is 6.54 Å². The van der Waals surface area contributed by atoms with Crippen LogP contribution in [0.3, 0.4) is 0 Å². The maximum atomic E-state index is 11.3. The van der Waals surface area contributed by atoms with Crippen LogP contribution in [0.2, 0.25) is 0 Å². The summed E-state index contributed by atoms with van der Waals surface area (Å²) in [5.74, 6) is 0.219. The lowest BCUT2D eigenvalue weighted by atomic mass is 10.1. The minimum Gasteiger partial charge on any atom is -0.511 e. The zero-order chi connectivity index (χ0) is 15.0. The first-order valence-corrected chi connectivity index (χ1v) is 6.25. The van der Waals surface area contributed by atoms with Crippen LogP contribution in [0, 0.1) is 0 Å². The highest BCUT2D eigenvalue weighted by atomic mass is 16.5. The third-order valence-corrected chi connectivity index (χ3v) is 2.61. The number of benzene rings is 1. The second-order valence-corrected chi connectivity index (χ2v) is 4.31. The topological polar surface area (TPSA) is 105 Å². The number of hydrogen-bond donors (Lipinski definition) is 4. The number of ether oxygens (including phenoxy) is 1. The quantitative estimate of drug-likeness (QED) is 0.506. The molecule has 0 bridgehead atoms. The summed E-state index contributed by atoms with van der Waals surface area (Å²) in [5, 5.41) is 20.2. The van der Waals surface area contributed by atoms with E-state index >= 15 is 0 Å². The van der Waals surface area contributed by atoms with Gasteiger partial charge in [-0.3, -0.25) is 4.79 Å². The summed E-state index contributed by atoms with van der Waals surface area (Å²) in [6.45, 7) is 3.39. The number of nitrogens with two attached hydrogens (primary N) is 1. The molecule has 1 amide bonds. The maximum Gasteiger partial charge on any atom is 0.258 e. The Labute approximate surface area is 117 Å². The molecule has 1 aromatic carbocycles. The third-order valence-electron chi connectivity index (χ3n) is 2.61. The largest absolute Gasteiger partial charge is 0.511 e. The van der Waals surface area contributed by atoms with Crippen molar-refractivity contribution in [2.24, 2.45) is 5.73 Å². The van der Waals surface area contributed by atoms with Crippen LogP contribution in [-0.2, 0) is 11.2 Å². The molecule has 110 valence electrons. The minimum atomic E-state index is -0.494. The fourth-order valence-corrected chi connectivity index (χ4v) is 1.49. The monoisotopic (exact) mass is 280 g/mol. The van der Waals surface area contributed by atoms with E-state index in [1.165, 1.54) is 0 Å². The summed E-state index contributed by atoms with van der Waals surface area (Å²) in [6.07, 6.45) is 0.479. The summed E-state index contributed by atoms with van der Waals surface area (Å²) in [4.78, 5) is 11.3. The van der Waals surface area contributed by atoms with Crippen molar-refractivity contribution in [3.8, 4) is 5.75 Å². The van der Waals surface area contributed by atoms with Crippen LogP contribution >= 0.6 is 0 Å². The molecule has 0 radical (unpaired) electrons. The van der Waals surface area contributed by atoms with Gasteiger partial charge in [-0.2, -0.15) is 0 Å². The molecule has 0 saturated carbocycles. The molecular weight excluding hydrogens is 260 g/mol. The smallest absolute Gasteiger partial charge is 0.258 e. The van der Waals surface area contributed by atoms with Gasteiger partial charge < -0.3 is 26.0 Å². The highest BCUT2D eigenvalue weighted by molar-refractivity contribution is 5.77. The van der Waals surface area contributed by atoms with Crippen LogP contribution in [-0.4, -0.2) is 41.9 Å². The van der Waals surface area contributed by atoms with Crippen molar-refractivity contribution in [1.82, 2.24) is 5.32 Å². The van der Waals surface area contributed by atoms with Crippen LogP contribution in [0.25, 0.3) is 0 Å². The van der Waals surface area contributed by atoms with Gasteiger partial charge in [-0.15, -0.1) is 0 Å². The molecule has 0 saturated heterocycles. The van der Waals surface area contributed by atoms with Crippen molar-refractivity contribution in [3.63, 3.8) is 0 Å². The number of aliphatic hydroxyl groups excluding tert-OH is 2. The minimum absolute atomic E-state index is 0.0501. The van der Waals surface area contributed by atoms with Crippen LogP contribution in [0.4, 0.5) is 0 Å². The molecule has 1 unspecified atom stereocenters. The molecule has 6 nitrogen and oxygen atoms in total. The number of rotatable bonds is 8. The van der Waals surface area contributed by atoms with Crippen molar-refractivity contribution in [2.75, 3.05) is 19.8 Å². The highest BCUT2D eigenvalue weighted by Gasteiger charge is 2.07. The SMILES string of the molecule is C=C(O)C(N)Cc1ccc(OCC(=O)NCCO)cc1. The van der Waals surface area contributed by atoms with Crippen LogP contribution < -0.4 is 15.8 Å². The summed E-state index contributed by atoms with van der Waals surface area (Å²) in [5.41, 5.74) is 6.61. The van der Waals surface area contributed by atoms with Crippen molar-refractivity contribution < 1.29 is 19.7 Å². The van der Waals surface area contributed by atoms with Crippen molar-refractivity contribution >= 4 is 5.91 Å². The molecule has 5 N–H and O–H groups in total. The molecular formula is C14H20N2O4. The van der Waals surface area contributed by atoms with Gasteiger partial charge in [-0.25, -0.2) is 0 Å². The lowest BCUT2D eigenvalue weighted by Crippen LogP contribution is -2.31. The first-order chi connectivity index (χ1) is 9.52. The molecule has 1 atom stereocenters. The summed E-state index contributed by atoms with van der Waals surface area (Å²) in [6, 6.07) is 6.57. The van der Waals surface area contributed by atoms with E-state index in [-0.39, 0.29) is 31.4 Å². The van der Waals surface area contributed by atoms with E-state index in [4.69, 9.17) is 20.7 Å². The van der Waals surface area contributed by atoms with Crippen molar-refractivity contribution in [3.05, 3.63) is 42.2 Å². The number of aliphatic hydroxyl groups is 2. The molecule has 0 fully saturated rings. The number of carbonyl (C=O) groups excluding carboxylic acids is 1. The van der Waals surface area contributed by atoms with Gasteiger partial charge in [-0.1, -0.05) is 18.7 Å². The Morgan fingerprint density at radius 3 is 2.60 bits per heavy atom. The molecule has 0 spiro atoms. The first-order valence-electron chi connectivity index (χ1n) is 6.25. The Kier molecular flexibility index (Phi) is 6.55. The molecule has 20 heavy (non-hydrogen) atoms. The second-order valence-electron chi connectivity index (χ2n) is 4.31. The molecule has 0 aromatic heterocycles. The Balaban J connectivity index is 2.42. The maximum absolute atomic E-state index is 11.3. The number of carbonyl (C=O) groups is 1. The lowest BCUT2D eigenvalue weighted by molar-refractivity contribution is -0.123. The Morgan fingerprint density at radius 1 is 1.40 bits per heavy atom. The summed E-state index contributed by atoms with van der Waals surface area (Å²) >= 11 is 0. The molecule has 1 rings (SSSR count). The van der Waals surface area contributed by atoms with E-state index in [9.17, 15) is 4.79 Å². The Hall–Kier alpha value is -2.05. The Bertz CT molecular complexity index is 445. The van der Waals surface area contributed by atoms with E-state index in [0.717, 1.165) is 5.56 Å². The van der Waals surface area contributed by atoms with Gasteiger partial charge in [0.25, 0.3) is 5.91 Å². The molecule has 0 aliphatic heterocycles. The van der Waals surface area contributed by atoms with Gasteiger partial charge >= 0.3 is 0 Å². The van der Waals surface area contributed by atoms with Crippen molar-refractivity contribution in [2.45, 2.75) is 12.5 Å². The standard InChI is InChI=1S/C14H20N2O4/c1-10(18)13(15)8-11-2-4-12(5-3-11)20-9-14(19)16-6-7-17/h2-5,13,17-18H,1,6-9,15H2,(H,16,19). The predicted octanol–water partition coefficient (Wildman–Crippen LogP) is 0.115. The van der Waals surface area contributed by atoms with E-state index in [2.05, 4.69) is 11.9 Å². The third kappa shape index (κ3) is 5.73. The molecule has 0 aliphatic carbocycles.